The number of nitrogens with one attached hydrogen (secondary N) is 2. The van der Waals surface area contributed by atoms with E-state index in [2.05, 4.69) is 10.9 Å². The van der Waals surface area contributed by atoms with Crippen LogP contribution in [-0.2, 0) is 0 Å². The summed E-state index contributed by atoms with van der Waals surface area (Å²) in [4.78, 5) is 0.899. The highest BCUT2D eigenvalue weighted by atomic mass is 32.2. The van der Waals surface area contributed by atoms with E-state index in [9.17, 15) is 0 Å². The minimum atomic E-state index is 0.899. The van der Waals surface area contributed by atoms with Crippen LogP contribution < -0.4 is 10.9 Å². The molecule has 2 N–H and O–H groups in total. The summed E-state index contributed by atoms with van der Waals surface area (Å²) in [5.41, 5.74) is 5.75. The van der Waals surface area contributed by atoms with Gasteiger partial charge < -0.3 is 5.43 Å². The zero-order valence-electron chi connectivity index (χ0n) is 3.73. The van der Waals surface area contributed by atoms with Crippen molar-refractivity contribution in [3.05, 3.63) is 0 Å². The maximum atomic E-state index is 4.81. The standard InChI is InChI=1S/C3H6N2S2/c6-3-1-7-2-4-5-3/h4H,1-2H2,(H,5,6). The molecule has 0 aromatic carbocycles. The predicted octanol–water partition coefficient (Wildman–Crippen LogP) is 0.112. The number of rotatable bonds is 0. The lowest BCUT2D eigenvalue weighted by atomic mass is 10.8. The highest BCUT2D eigenvalue weighted by molar-refractivity contribution is 8.01. The third kappa shape index (κ3) is 1.63. The highest BCUT2D eigenvalue weighted by Gasteiger charge is 1.99. The topological polar surface area (TPSA) is 24.1 Å². The van der Waals surface area contributed by atoms with E-state index < -0.39 is 0 Å². The number of hydrazine groups is 1. The second kappa shape index (κ2) is 2.49. The Balaban J connectivity index is 2.25. The van der Waals surface area contributed by atoms with E-state index >= 15 is 0 Å². The van der Waals surface area contributed by atoms with E-state index in [1.165, 1.54) is 0 Å². The van der Waals surface area contributed by atoms with Crippen LogP contribution in [0.15, 0.2) is 0 Å². The Bertz CT molecular complexity index is 75.0. The third-order valence-electron chi connectivity index (χ3n) is 0.635. The molecule has 7 heavy (non-hydrogen) atoms. The molecule has 0 bridgehead atoms. The van der Waals surface area contributed by atoms with Gasteiger partial charge in [-0.25, -0.2) is 5.43 Å². The van der Waals surface area contributed by atoms with Gasteiger partial charge in [0.2, 0.25) is 0 Å². The first-order valence-corrected chi connectivity index (χ1v) is 3.55. The molecule has 1 heterocycles. The first-order chi connectivity index (χ1) is 3.39. The van der Waals surface area contributed by atoms with E-state index in [1.54, 1.807) is 11.8 Å². The molecular weight excluding hydrogens is 128 g/mol. The van der Waals surface area contributed by atoms with Crippen LogP contribution in [0.1, 0.15) is 0 Å². The highest BCUT2D eigenvalue weighted by Crippen LogP contribution is 1.99. The lowest BCUT2D eigenvalue weighted by Crippen LogP contribution is -2.41. The normalized spacial score (nSPS) is 21.4. The summed E-state index contributed by atoms with van der Waals surface area (Å²) in [6.45, 7) is 0. The minimum absolute atomic E-state index is 0.899. The lowest BCUT2D eigenvalue weighted by Gasteiger charge is -2.13. The van der Waals surface area contributed by atoms with E-state index in [4.69, 9.17) is 12.2 Å². The monoisotopic (exact) mass is 134 g/mol. The molecule has 1 fully saturated rings. The number of hydrogen-bond acceptors (Lipinski definition) is 3. The fourth-order valence-corrected chi connectivity index (χ4v) is 1.22. The number of hydrogen-bond donors (Lipinski definition) is 2. The van der Waals surface area contributed by atoms with Crippen LogP contribution in [0.2, 0.25) is 0 Å². The van der Waals surface area contributed by atoms with Crippen molar-refractivity contribution in [3.63, 3.8) is 0 Å². The molecule has 2 nitrogen and oxygen atoms in total. The zero-order valence-corrected chi connectivity index (χ0v) is 5.36. The molecule has 0 radical (unpaired) electrons. The van der Waals surface area contributed by atoms with Crippen molar-refractivity contribution in [2.24, 2.45) is 0 Å². The van der Waals surface area contributed by atoms with Crippen molar-refractivity contribution < 1.29 is 0 Å². The van der Waals surface area contributed by atoms with Crippen LogP contribution in [0.25, 0.3) is 0 Å². The first-order valence-electron chi connectivity index (χ1n) is 1.99. The van der Waals surface area contributed by atoms with E-state index in [1.807, 2.05) is 0 Å². The van der Waals surface area contributed by atoms with E-state index in [0.717, 1.165) is 16.6 Å². The lowest BCUT2D eigenvalue weighted by molar-refractivity contribution is 0.746. The van der Waals surface area contributed by atoms with Gasteiger partial charge in [0.05, 0.1) is 10.9 Å². The molecule has 0 spiro atoms. The summed E-state index contributed by atoms with van der Waals surface area (Å²) in [6, 6.07) is 0. The summed E-state index contributed by atoms with van der Waals surface area (Å²) in [6.07, 6.45) is 0. The molecule has 0 amide bonds. The molecule has 0 saturated carbocycles. The molecule has 1 aliphatic rings. The van der Waals surface area contributed by atoms with Gasteiger partial charge in [-0.3, -0.25) is 0 Å². The smallest absolute Gasteiger partial charge is 0.0996 e. The maximum absolute atomic E-state index is 4.81. The van der Waals surface area contributed by atoms with Gasteiger partial charge in [0, 0.05) is 5.75 Å². The largest absolute Gasteiger partial charge is 0.314 e. The second-order valence-corrected chi connectivity index (χ2v) is 2.70. The van der Waals surface area contributed by atoms with Crippen molar-refractivity contribution in [1.82, 2.24) is 10.9 Å². The van der Waals surface area contributed by atoms with Gasteiger partial charge >= 0.3 is 0 Å². The third-order valence-corrected chi connectivity index (χ3v) is 1.91. The van der Waals surface area contributed by atoms with Crippen LogP contribution in [0.5, 0.6) is 0 Å². The van der Waals surface area contributed by atoms with Crippen LogP contribution in [0.4, 0.5) is 0 Å². The molecule has 1 saturated heterocycles. The van der Waals surface area contributed by atoms with Gasteiger partial charge in [-0.05, 0) is 0 Å². The average Bonchev–Trinajstić information content (AvgIpc) is 1.69. The molecule has 0 aliphatic carbocycles. The number of thioether (sulfide) groups is 1. The Kier molecular flexibility index (Phi) is 1.90. The summed E-state index contributed by atoms with van der Waals surface area (Å²) in [5, 5.41) is 0. The quantitative estimate of drug-likeness (QED) is 0.459. The van der Waals surface area contributed by atoms with Gasteiger partial charge in [-0.1, -0.05) is 12.2 Å². The molecule has 0 aromatic heterocycles. The van der Waals surface area contributed by atoms with E-state index in [-0.39, 0.29) is 0 Å². The SMILES string of the molecule is S=C1CSCNN1. The van der Waals surface area contributed by atoms with Crippen LogP contribution in [0.3, 0.4) is 0 Å². The van der Waals surface area contributed by atoms with Gasteiger partial charge in [0.15, 0.2) is 0 Å². The summed E-state index contributed by atoms with van der Waals surface area (Å²) in [7, 11) is 0. The van der Waals surface area contributed by atoms with Crippen molar-refractivity contribution in [2.45, 2.75) is 0 Å². The van der Waals surface area contributed by atoms with Gasteiger partial charge in [-0.2, -0.15) is 0 Å². The van der Waals surface area contributed by atoms with Crippen molar-refractivity contribution >= 4 is 29.0 Å². The molecule has 1 rings (SSSR count). The average molecular weight is 134 g/mol. The van der Waals surface area contributed by atoms with Crippen molar-refractivity contribution in [2.75, 3.05) is 11.6 Å². The molecule has 4 heteroatoms. The van der Waals surface area contributed by atoms with Crippen LogP contribution in [-0.4, -0.2) is 16.6 Å². The summed E-state index contributed by atoms with van der Waals surface area (Å²) in [5.74, 6) is 1.92. The Morgan fingerprint density at radius 3 is 2.86 bits per heavy atom. The van der Waals surface area contributed by atoms with Crippen molar-refractivity contribution in [1.29, 1.82) is 0 Å². The minimum Gasteiger partial charge on any atom is -0.314 e. The molecule has 0 atom stereocenters. The summed E-state index contributed by atoms with van der Waals surface area (Å²) < 4.78 is 0. The maximum Gasteiger partial charge on any atom is 0.0996 e. The van der Waals surface area contributed by atoms with Crippen LogP contribution in [0, 0.1) is 0 Å². The van der Waals surface area contributed by atoms with Gasteiger partial charge in [0.25, 0.3) is 0 Å². The van der Waals surface area contributed by atoms with Crippen LogP contribution >= 0.6 is 24.0 Å². The molecule has 0 unspecified atom stereocenters. The molecular formula is C3H6N2S2. The fourth-order valence-electron chi connectivity index (χ4n) is 0.366. The predicted molar refractivity (Wildman–Crippen MR) is 36.2 cm³/mol. The Morgan fingerprint density at radius 2 is 2.57 bits per heavy atom. The van der Waals surface area contributed by atoms with Gasteiger partial charge in [-0.15, -0.1) is 11.8 Å². The second-order valence-electron chi connectivity index (χ2n) is 1.22. The van der Waals surface area contributed by atoms with Gasteiger partial charge in [0.1, 0.15) is 0 Å². The van der Waals surface area contributed by atoms with E-state index in [0.29, 0.717) is 0 Å². The molecule has 0 aromatic rings. The zero-order chi connectivity index (χ0) is 5.11. The molecule has 40 valence electrons. The summed E-state index contributed by atoms with van der Waals surface area (Å²) >= 11 is 6.60. The fraction of sp³-hybridized carbons (Fsp3) is 0.667. The Hall–Kier alpha value is 0.200. The molecule has 1 aliphatic heterocycles. The Morgan fingerprint density at radius 1 is 1.71 bits per heavy atom. The number of thiocarbonyl (C=S) groups is 1. The van der Waals surface area contributed by atoms with Crippen molar-refractivity contribution in [3.8, 4) is 0 Å². The first kappa shape index (κ1) is 5.34. The Labute approximate surface area is 52.0 Å².